The van der Waals surface area contributed by atoms with Gasteiger partial charge in [0, 0.05) is 28.7 Å². The molecule has 0 aliphatic carbocycles. The molecule has 4 heteroatoms. The Hall–Kier alpha value is -6.52. The molecule has 0 radical (unpaired) electrons. The second-order valence-electron chi connectivity index (χ2n) is 12.9. The first-order chi connectivity index (χ1) is 24.8. The average Bonchev–Trinajstić information content (AvgIpc) is 3.18. The Morgan fingerprint density at radius 1 is 0.380 bits per heavy atom. The molecule has 0 N–H and O–H groups in total. The minimum absolute atomic E-state index is 0.0427. The van der Waals surface area contributed by atoms with Gasteiger partial charge < -0.3 is 14.4 Å². The highest BCUT2D eigenvalue weighted by Gasteiger charge is 2.41. The SMILES string of the molecule is c1ccc(-c2ccc3c(c2)Oc2cc(N(c4ccccc4)c4cccc5ccccc45)cc4c2B3c2ccc(-c3ccccc3)cc2O4)cc1. The normalized spacial score (nSPS) is 12.3. The van der Waals surface area contributed by atoms with Crippen molar-refractivity contribution in [2.45, 2.75) is 0 Å². The third kappa shape index (κ3) is 4.68. The monoisotopic (exact) mass is 639 g/mol. The number of hydrogen-bond acceptors (Lipinski definition) is 3. The lowest BCUT2D eigenvalue weighted by Gasteiger charge is -2.35. The van der Waals surface area contributed by atoms with Gasteiger partial charge in [-0.05, 0) is 68.9 Å². The summed E-state index contributed by atoms with van der Waals surface area (Å²) in [6.07, 6.45) is 0. The summed E-state index contributed by atoms with van der Waals surface area (Å²) in [6.45, 7) is -0.0427. The van der Waals surface area contributed by atoms with Gasteiger partial charge in [0.05, 0.1) is 11.4 Å². The van der Waals surface area contributed by atoms with Crippen LogP contribution in [0.1, 0.15) is 0 Å². The second kappa shape index (κ2) is 11.6. The molecule has 2 aliphatic rings. The lowest BCUT2D eigenvalue weighted by molar-refractivity contribution is 0.465. The van der Waals surface area contributed by atoms with Crippen LogP contribution in [0.2, 0.25) is 0 Å². The maximum absolute atomic E-state index is 6.94. The van der Waals surface area contributed by atoms with Crippen molar-refractivity contribution in [1.29, 1.82) is 0 Å². The van der Waals surface area contributed by atoms with E-state index in [4.69, 9.17) is 9.47 Å². The Morgan fingerprint density at radius 3 is 1.50 bits per heavy atom. The molecular formula is C46H30BNO2. The molecular weight excluding hydrogens is 609 g/mol. The van der Waals surface area contributed by atoms with Crippen LogP contribution in [0.5, 0.6) is 23.0 Å². The average molecular weight is 640 g/mol. The molecule has 0 aromatic heterocycles. The Morgan fingerprint density at radius 2 is 0.900 bits per heavy atom. The first-order valence-electron chi connectivity index (χ1n) is 17.0. The fraction of sp³-hybridized carbons (Fsp3) is 0. The molecule has 0 saturated carbocycles. The van der Waals surface area contributed by atoms with E-state index in [1.54, 1.807) is 0 Å². The van der Waals surface area contributed by atoms with Gasteiger partial charge in [-0.1, -0.05) is 140 Å². The summed E-state index contributed by atoms with van der Waals surface area (Å²) in [5.74, 6) is 3.34. The number of rotatable bonds is 5. The standard InChI is InChI=1S/C46H30BNO2/c1-4-13-31(14-5-1)34-23-25-39-42(27-34)49-44-29-37(48(36-19-8-3-9-20-36)41-22-12-18-33-17-10-11-21-38(33)41)30-45-46(44)47(39)40-26-24-35(28-43(40)50-45)32-15-6-2-7-16-32/h1-30H. The van der Waals surface area contributed by atoms with Gasteiger partial charge in [-0.25, -0.2) is 0 Å². The van der Waals surface area contributed by atoms with E-state index in [2.05, 4.69) is 187 Å². The quantitative estimate of drug-likeness (QED) is 0.175. The van der Waals surface area contributed by atoms with Crippen molar-refractivity contribution in [3.63, 3.8) is 0 Å². The van der Waals surface area contributed by atoms with Gasteiger partial charge in [-0.15, -0.1) is 0 Å². The van der Waals surface area contributed by atoms with Gasteiger partial charge >= 0.3 is 0 Å². The van der Waals surface area contributed by atoms with Crippen LogP contribution in [-0.2, 0) is 0 Å². The van der Waals surface area contributed by atoms with E-state index in [1.165, 1.54) is 10.8 Å². The highest BCUT2D eigenvalue weighted by Crippen LogP contribution is 2.45. The van der Waals surface area contributed by atoms with Crippen molar-refractivity contribution in [2.75, 3.05) is 4.90 Å². The molecule has 0 amide bonds. The van der Waals surface area contributed by atoms with E-state index in [0.717, 1.165) is 78.7 Å². The van der Waals surface area contributed by atoms with Gasteiger partial charge in [-0.3, -0.25) is 0 Å². The van der Waals surface area contributed by atoms with Crippen LogP contribution in [-0.4, -0.2) is 6.71 Å². The van der Waals surface area contributed by atoms with Gasteiger partial charge in [0.2, 0.25) is 0 Å². The predicted octanol–water partition coefficient (Wildman–Crippen LogP) is 10.4. The Kier molecular flexibility index (Phi) is 6.60. The van der Waals surface area contributed by atoms with Crippen molar-refractivity contribution < 1.29 is 9.47 Å². The topological polar surface area (TPSA) is 21.7 Å². The van der Waals surface area contributed by atoms with Crippen LogP contribution in [0.4, 0.5) is 17.1 Å². The van der Waals surface area contributed by atoms with E-state index < -0.39 is 0 Å². The van der Waals surface area contributed by atoms with Crippen LogP contribution in [0.25, 0.3) is 33.0 Å². The Labute approximate surface area is 291 Å². The largest absolute Gasteiger partial charge is 0.458 e. The minimum Gasteiger partial charge on any atom is -0.458 e. The molecule has 50 heavy (non-hydrogen) atoms. The van der Waals surface area contributed by atoms with E-state index in [9.17, 15) is 0 Å². The number of hydrogen-bond donors (Lipinski definition) is 0. The molecule has 0 atom stereocenters. The summed E-state index contributed by atoms with van der Waals surface area (Å²) in [5, 5.41) is 2.35. The van der Waals surface area contributed by atoms with E-state index in [1.807, 2.05) is 0 Å². The molecule has 234 valence electrons. The Balaban J connectivity index is 1.20. The van der Waals surface area contributed by atoms with Crippen molar-refractivity contribution in [1.82, 2.24) is 0 Å². The molecule has 0 fully saturated rings. The summed E-state index contributed by atoms with van der Waals surface area (Å²) in [7, 11) is 0. The first kappa shape index (κ1) is 28.5. The number of anilines is 3. The number of benzene rings is 8. The van der Waals surface area contributed by atoms with Crippen molar-refractivity contribution in [3.05, 3.63) is 182 Å². The second-order valence-corrected chi connectivity index (χ2v) is 12.9. The van der Waals surface area contributed by atoms with Crippen molar-refractivity contribution in [2.24, 2.45) is 0 Å². The summed E-state index contributed by atoms with van der Waals surface area (Å²) in [6, 6.07) is 64.2. The van der Waals surface area contributed by atoms with Gasteiger partial charge in [0.15, 0.2) is 0 Å². The van der Waals surface area contributed by atoms with Crippen LogP contribution in [0, 0.1) is 0 Å². The Bertz CT molecular complexity index is 2430. The molecule has 0 saturated heterocycles. The summed E-state index contributed by atoms with van der Waals surface area (Å²) < 4.78 is 13.9. The van der Waals surface area contributed by atoms with Gasteiger partial charge in [0.25, 0.3) is 6.71 Å². The summed E-state index contributed by atoms with van der Waals surface area (Å²) in [5.41, 5.74) is 11.0. The van der Waals surface area contributed by atoms with E-state index >= 15 is 0 Å². The lowest BCUT2D eigenvalue weighted by atomic mass is 9.34. The zero-order valence-electron chi connectivity index (χ0n) is 27.2. The molecule has 0 unspecified atom stereocenters. The zero-order valence-corrected chi connectivity index (χ0v) is 27.2. The van der Waals surface area contributed by atoms with Crippen LogP contribution < -0.4 is 30.8 Å². The highest BCUT2D eigenvalue weighted by atomic mass is 16.5. The van der Waals surface area contributed by atoms with E-state index in [0.29, 0.717) is 0 Å². The zero-order chi connectivity index (χ0) is 33.0. The molecule has 8 aromatic carbocycles. The third-order valence-electron chi connectivity index (χ3n) is 9.96. The van der Waals surface area contributed by atoms with Gasteiger partial charge in [-0.2, -0.15) is 0 Å². The first-order valence-corrected chi connectivity index (χ1v) is 17.0. The molecule has 2 heterocycles. The highest BCUT2D eigenvalue weighted by molar-refractivity contribution is 6.98. The number of para-hydroxylation sites is 1. The van der Waals surface area contributed by atoms with Gasteiger partial charge in [0.1, 0.15) is 23.0 Å². The van der Waals surface area contributed by atoms with Crippen molar-refractivity contribution >= 4 is 50.9 Å². The predicted molar refractivity (Wildman–Crippen MR) is 207 cm³/mol. The molecule has 2 aliphatic heterocycles. The van der Waals surface area contributed by atoms with E-state index in [-0.39, 0.29) is 6.71 Å². The van der Waals surface area contributed by atoms with Crippen LogP contribution in [0.3, 0.4) is 0 Å². The molecule has 10 rings (SSSR count). The lowest BCUT2D eigenvalue weighted by Crippen LogP contribution is -2.57. The molecule has 0 spiro atoms. The fourth-order valence-corrected chi connectivity index (χ4v) is 7.64. The van der Waals surface area contributed by atoms with Crippen LogP contribution in [0.15, 0.2) is 182 Å². The number of nitrogens with zero attached hydrogens (tertiary/aromatic N) is 1. The van der Waals surface area contributed by atoms with Crippen LogP contribution >= 0.6 is 0 Å². The third-order valence-corrected chi connectivity index (χ3v) is 9.96. The molecule has 0 bridgehead atoms. The minimum atomic E-state index is -0.0427. The smallest absolute Gasteiger partial charge is 0.260 e. The molecule has 8 aromatic rings. The molecule has 3 nitrogen and oxygen atoms in total. The maximum Gasteiger partial charge on any atom is 0.260 e. The fourth-order valence-electron chi connectivity index (χ4n) is 7.64. The van der Waals surface area contributed by atoms with Crippen molar-refractivity contribution in [3.8, 4) is 45.3 Å². The summed E-state index contributed by atoms with van der Waals surface area (Å²) in [4.78, 5) is 2.31. The summed E-state index contributed by atoms with van der Waals surface area (Å²) >= 11 is 0. The number of fused-ring (bicyclic) bond motifs is 5. The number of ether oxygens (including phenoxy) is 2. The maximum atomic E-state index is 6.94.